The third-order valence-electron chi connectivity index (χ3n) is 3.13. The monoisotopic (exact) mass is 329 g/mol. The first-order chi connectivity index (χ1) is 11.1. The van der Waals surface area contributed by atoms with Crippen molar-refractivity contribution >= 4 is 47.3 Å². The van der Waals surface area contributed by atoms with Crippen molar-refractivity contribution in [3.05, 3.63) is 54.1 Å². The Morgan fingerprint density at radius 2 is 1.96 bits per heavy atom. The lowest BCUT2D eigenvalue weighted by molar-refractivity contribution is 0.0697. The van der Waals surface area contributed by atoms with Crippen molar-refractivity contribution in [3.63, 3.8) is 0 Å². The van der Waals surface area contributed by atoms with Crippen LogP contribution in [-0.2, 0) is 0 Å². The molecule has 8 heteroatoms. The first-order valence-electron chi connectivity index (χ1n) is 6.54. The topological polar surface area (TPSA) is 95.7 Å². The van der Waals surface area contributed by atoms with Crippen LogP contribution < -0.4 is 9.62 Å². The van der Waals surface area contributed by atoms with E-state index >= 15 is 0 Å². The number of hydrogen-bond donors (Lipinski definition) is 3. The summed E-state index contributed by atoms with van der Waals surface area (Å²) in [5, 5.41) is 16.0. The summed E-state index contributed by atoms with van der Waals surface area (Å²) in [5.74, 6) is -0.824. The molecule has 3 aromatic rings. The predicted octanol–water partition coefficient (Wildman–Crippen LogP) is 3.41. The molecule has 2 aromatic carbocycles. The van der Waals surface area contributed by atoms with E-state index in [0.717, 1.165) is 4.31 Å². The van der Waals surface area contributed by atoms with E-state index in [-0.39, 0.29) is 11.4 Å². The number of rotatable bonds is 3. The van der Waals surface area contributed by atoms with Gasteiger partial charge in [0.25, 0.3) is 0 Å². The fraction of sp³-hybridized carbons (Fsp3) is 0. The molecular formula is C15H11N3O4S. The number of carbonyl (C=O) groups is 2. The number of thiol groups is 1. The molecule has 0 aliphatic heterocycles. The minimum Gasteiger partial charge on any atom is -0.478 e. The van der Waals surface area contributed by atoms with Gasteiger partial charge in [0.2, 0.25) is 0 Å². The number of para-hydroxylation sites is 1. The quantitative estimate of drug-likeness (QED) is 0.640. The number of nitrogens with zero attached hydrogens (tertiary/aromatic N) is 2. The molecule has 0 radical (unpaired) electrons. The molecule has 0 aliphatic rings. The molecule has 0 bridgehead atoms. The number of amides is 2. The molecule has 0 unspecified atom stereocenters. The lowest BCUT2D eigenvalue weighted by Crippen LogP contribution is -2.27. The molecule has 2 N–H and O–H groups in total. The van der Waals surface area contributed by atoms with Crippen molar-refractivity contribution in [2.24, 2.45) is 0 Å². The summed E-state index contributed by atoms with van der Waals surface area (Å²) in [7, 11) is 0. The van der Waals surface area contributed by atoms with Crippen LogP contribution in [-0.4, -0.2) is 22.3 Å². The van der Waals surface area contributed by atoms with Gasteiger partial charge >= 0.3 is 12.0 Å². The van der Waals surface area contributed by atoms with Gasteiger partial charge in [0.1, 0.15) is 0 Å². The Morgan fingerprint density at radius 1 is 1.17 bits per heavy atom. The Hall–Kier alpha value is -3.00. The minimum atomic E-state index is -1.09. The van der Waals surface area contributed by atoms with Crippen molar-refractivity contribution in [2.75, 3.05) is 9.62 Å². The molecule has 0 saturated heterocycles. The lowest BCUT2D eigenvalue weighted by atomic mass is 10.2. The van der Waals surface area contributed by atoms with Crippen molar-refractivity contribution < 1.29 is 19.2 Å². The summed E-state index contributed by atoms with van der Waals surface area (Å²) in [6, 6.07) is 12.4. The SMILES string of the molecule is O=C(O)c1cccc(N(S)C(=O)Nc2noc3ccccc23)c1. The van der Waals surface area contributed by atoms with E-state index in [1.54, 1.807) is 30.3 Å². The van der Waals surface area contributed by atoms with Gasteiger partial charge in [-0.1, -0.05) is 36.2 Å². The third kappa shape index (κ3) is 2.97. The van der Waals surface area contributed by atoms with Crippen molar-refractivity contribution in [1.29, 1.82) is 0 Å². The molecule has 2 amide bonds. The Labute approximate surface area is 136 Å². The average molecular weight is 329 g/mol. The highest BCUT2D eigenvalue weighted by Gasteiger charge is 2.17. The van der Waals surface area contributed by atoms with Crippen LogP contribution in [0.3, 0.4) is 0 Å². The molecule has 7 nitrogen and oxygen atoms in total. The summed E-state index contributed by atoms with van der Waals surface area (Å²) in [5.41, 5.74) is 0.918. The van der Waals surface area contributed by atoms with Gasteiger partial charge in [0.05, 0.1) is 16.6 Å². The van der Waals surface area contributed by atoms with Crippen LogP contribution in [0.4, 0.5) is 16.3 Å². The number of carboxylic acid groups (broad SMARTS) is 1. The Balaban J connectivity index is 1.83. The fourth-order valence-corrected chi connectivity index (χ4v) is 2.19. The zero-order valence-corrected chi connectivity index (χ0v) is 12.5. The summed E-state index contributed by atoms with van der Waals surface area (Å²) < 4.78 is 6.10. The van der Waals surface area contributed by atoms with Crippen LogP contribution in [0.5, 0.6) is 0 Å². The molecule has 1 heterocycles. The second kappa shape index (κ2) is 6.01. The average Bonchev–Trinajstić information content (AvgIpc) is 2.97. The molecule has 23 heavy (non-hydrogen) atoms. The standard InChI is InChI=1S/C15H11N3O4S/c19-14(20)9-4-3-5-10(8-9)18(23)15(21)16-13-11-6-1-2-7-12(11)22-17-13/h1-8,23H,(H,19,20)(H,16,17,21). The van der Waals surface area contributed by atoms with Gasteiger partial charge in [-0.3, -0.25) is 5.32 Å². The van der Waals surface area contributed by atoms with Gasteiger partial charge in [0.15, 0.2) is 11.4 Å². The molecular weight excluding hydrogens is 318 g/mol. The number of aromatic carboxylic acids is 1. The number of fused-ring (bicyclic) bond motifs is 1. The van der Waals surface area contributed by atoms with E-state index in [4.69, 9.17) is 9.63 Å². The number of anilines is 2. The molecule has 0 aliphatic carbocycles. The maximum atomic E-state index is 12.2. The zero-order chi connectivity index (χ0) is 16.4. The second-order valence-electron chi connectivity index (χ2n) is 4.62. The van der Waals surface area contributed by atoms with Crippen LogP contribution in [0, 0.1) is 0 Å². The maximum Gasteiger partial charge on any atom is 0.337 e. The largest absolute Gasteiger partial charge is 0.478 e. The van der Waals surface area contributed by atoms with E-state index in [1.807, 2.05) is 0 Å². The molecule has 0 atom stereocenters. The van der Waals surface area contributed by atoms with Crippen LogP contribution in [0.25, 0.3) is 11.0 Å². The summed E-state index contributed by atoms with van der Waals surface area (Å²) in [6.45, 7) is 0. The molecule has 3 rings (SSSR count). The number of urea groups is 1. The van der Waals surface area contributed by atoms with Crippen molar-refractivity contribution in [1.82, 2.24) is 5.16 Å². The molecule has 1 aromatic heterocycles. The first-order valence-corrected chi connectivity index (χ1v) is 6.94. The number of hydrogen-bond acceptors (Lipinski definition) is 5. The summed E-state index contributed by atoms with van der Waals surface area (Å²) >= 11 is 4.11. The van der Waals surface area contributed by atoms with Gasteiger partial charge in [-0.15, -0.1) is 0 Å². The third-order valence-corrected chi connectivity index (χ3v) is 3.55. The molecule has 0 spiro atoms. The minimum absolute atomic E-state index is 0.0567. The number of carbonyl (C=O) groups excluding carboxylic acids is 1. The van der Waals surface area contributed by atoms with Crippen LogP contribution in [0.2, 0.25) is 0 Å². The Morgan fingerprint density at radius 3 is 2.74 bits per heavy atom. The predicted molar refractivity (Wildman–Crippen MR) is 87.9 cm³/mol. The smallest absolute Gasteiger partial charge is 0.337 e. The summed E-state index contributed by atoms with van der Waals surface area (Å²) in [6.07, 6.45) is 0. The molecule has 116 valence electrons. The highest BCUT2D eigenvalue weighted by atomic mass is 32.1. The van der Waals surface area contributed by atoms with E-state index < -0.39 is 12.0 Å². The van der Waals surface area contributed by atoms with E-state index in [0.29, 0.717) is 16.7 Å². The Kier molecular flexibility index (Phi) is 3.90. The molecule has 0 saturated carbocycles. The molecule has 0 fully saturated rings. The van der Waals surface area contributed by atoms with Gasteiger partial charge in [-0.2, -0.15) is 0 Å². The second-order valence-corrected chi connectivity index (χ2v) is 5.02. The first kappa shape index (κ1) is 14.9. The van der Waals surface area contributed by atoms with Gasteiger partial charge in [0, 0.05) is 0 Å². The van der Waals surface area contributed by atoms with Gasteiger partial charge in [-0.25, -0.2) is 13.9 Å². The van der Waals surface area contributed by atoms with Crippen molar-refractivity contribution in [3.8, 4) is 0 Å². The van der Waals surface area contributed by atoms with E-state index in [9.17, 15) is 9.59 Å². The highest BCUT2D eigenvalue weighted by Crippen LogP contribution is 2.24. The Bertz CT molecular complexity index is 893. The summed E-state index contributed by atoms with van der Waals surface area (Å²) in [4.78, 5) is 23.2. The van der Waals surface area contributed by atoms with E-state index in [2.05, 4.69) is 23.3 Å². The fourth-order valence-electron chi connectivity index (χ4n) is 2.02. The van der Waals surface area contributed by atoms with Crippen LogP contribution in [0.15, 0.2) is 53.1 Å². The highest BCUT2D eigenvalue weighted by molar-refractivity contribution is 7.82. The van der Waals surface area contributed by atoms with Gasteiger partial charge in [-0.05, 0) is 30.3 Å². The number of benzene rings is 2. The normalized spacial score (nSPS) is 10.5. The van der Waals surface area contributed by atoms with E-state index in [1.165, 1.54) is 18.2 Å². The lowest BCUT2D eigenvalue weighted by Gasteiger charge is -2.16. The van der Waals surface area contributed by atoms with Gasteiger partial charge < -0.3 is 9.63 Å². The number of nitrogens with one attached hydrogen (secondary N) is 1. The maximum absolute atomic E-state index is 12.2. The number of carboxylic acids is 1. The van der Waals surface area contributed by atoms with Crippen LogP contribution in [0.1, 0.15) is 10.4 Å². The number of aromatic nitrogens is 1. The van der Waals surface area contributed by atoms with Crippen molar-refractivity contribution in [2.45, 2.75) is 0 Å². The van der Waals surface area contributed by atoms with Crippen LogP contribution >= 0.6 is 12.8 Å². The zero-order valence-electron chi connectivity index (χ0n) is 11.6.